The van der Waals surface area contributed by atoms with Gasteiger partial charge < -0.3 is 14.7 Å². The Morgan fingerprint density at radius 1 is 1.29 bits per heavy atom. The number of rotatable bonds is 6. The Balaban J connectivity index is 1.83. The molecule has 28 heavy (non-hydrogen) atoms. The first-order valence-corrected chi connectivity index (χ1v) is 8.73. The number of carbonyl (C=O) groups excluding carboxylic acids is 1. The second-order valence-electron chi connectivity index (χ2n) is 6.41. The molecular weight excluding hydrogens is 367 g/mol. The number of aromatic hydroxyl groups is 1. The molecular formula is C20H19FN2O5. The normalized spacial score (nSPS) is 13.9. The van der Waals surface area contributed by atoms with Crippen LogP contribution in [0.1, 0.15) is 28.8 Å². The molecule has 146 valence electrons. The molecule has 2 aromatic carbocycles. The van der Waals surface area contributed by atoms with Gasteiger partial charge in [-0.25, -0.2) is 4.39 Å². The third-order valence-electron chi connectivity index (χ3n) is 4.60. The van der Waals surface area contributed by atoms with Crippen molar-refractivity contribution in [3.63, 3.8) is 0 Å². The van der Waals surface area contributed by atoms with Crippen molar-refractivity contribution in [2.75, 3.05) is 25.1 Å². The average Bonchev–Trinajstić information content (AvgIpc) is 3.20. The van der Waals surface area contributed by atoms with Crippen molar-refractivity contribution in [2.45, 2.75) is 12.8 Å². The van der Waals surface area contributed by atoms with E-state index in [1.165, 1.54) is 31.4 Å². The molecule has 8 heteroatoms. The Morgan fingerprint density at radius 3 is 2.61 bits per heavy atom. The van der Waals surface area contributed by atoms with Gasteiger partial charge in [-0.3, -0.25) is 14.9 Å². The fourth-order valence-corrected chi connectivity index (χ4v) is 3.15. The lowest BCUT2D eigenvalue weighted by atomic mass is 10.1. The number of anilines is 1. The molecule has 0 radical (unpaired) electrons. The smallest absolute Gasteiger partial charge is 0.315 e. The molecule has 1 aliphatic rings. The summed E-state index contributed by atoms with van der Waals surface area (Å²) in [4.78, 5) is 24.6. The number of nitro benzene ring substituents is 1. The number of hydrogen-bond acceptors (Lipinski definition) is 6. The van der Waals surface area contributed by atoms with E-state index in [9.17, 15) is 24.4 Å². The van der Waals surface area contributed by atoms with Crippen molar-refractivity contribution in [1.29, 1.82) is 0 Å². The fourth-order valence-electron chi connectivity index (χ4n) is 3.15. The van der Waals surface area contributed by atoms with Crippen molar-refractivity contribution in [1.82, 2.24) is 0 Å². The first kappa shape index (κ1) is 19.3. The number of allylic oxidation sites excluding steroid dienone is 1. The van der Waals surface area contributed by atoms with E-state index >= 15 is 0 Å². The van der Waals surface area contributed by atoms with Crippen LogP contribution in [0.15, 0.2) is 36.4 Å². The van der Waals surface area contributed by atoms with Crippen LogP contribution in [-0.2, 0) is 0 Å². The number of methoxy groups -OCH3 is 1. The van der Waals surface area contributed by atoms with Crippen LogP contribution < -0.4 is 9.64 Å². The Hall–Kier alpha value is -3.42. The Kier molecular flexibility index (Phi) is 5.58. The summed E-state index contributed by atoms with van der Waals surface area (Å²) in [7, 11) is 1.27. The highest BCUT2D eigenvalue weighted by Gasteiger charge is 2.20. The SMILES string of the molecule is COc1cc(/C=C/C(=O)c2ccc(N3CCCC3)c(F)c2)cc([N+](=O)[O-])c1O. The zero-order chi connectivity index (χ0) is 20.3. The van der Waals surface area contributed by atoms with Gasteiger partial charge in [0, 0.05) is 24.7 Å². The summed E-state index contributed by atoms with van der Waals surface area (Å²) in [6.07, 6.45) is 4.58. The number of phenolic OH excluding ortho intramolecular Hbond substituents is 1. The van der Waals surface area contributed by atoms with Crippen LogP contribution in [0.4, 0.5) is 15.8 Å². The van der Waals surface area contributed by atoms with E-state index in [0.29, 0.717) is 11.3 Å². The minimum absolute atomic E-state index is 0.0812. The lowest BCUT2D eigenvalue weighted by Crippen LogP contribution is -2.19. The van der Waals surface area contributed by atoms with Gasteiger partial charge >= 0.3 is 5.69 Å². The molecule has 7 nitrogen and oxygen atoms in total. The van der Waals surface area contributed by atoms with Crippen LogP contribution >= 0.6 is 0 Å². The monoisotopic (exact) mass is 386 g/mol. The summed E-state index contributed by atoms with van der Waals surface area (Å²) in [6.45, 7) is 1.59. The fraction of sp³-hybridized carbons (Fsp3) is 0.250. The molecule has 0 bridgehead atoms. The maximum atomic E-state index is 14.4. The molecule has 0 aromatic heterocycles. The molecule has 1 saturated heterocycles. The van der Waals surface area contributed by atoms with E-state index in [4.69, 9.17) is 4.74 Å². The quantitative estimate of drug-likeness (QED) is 0.350. The van der Waals surface area contributed by atoms with Gasteiger partial charge in [0.25, 0.3) is 0 Å². The summed E-state index contributed by atoms with van der Waals surface area (Å²) >= 11 is 0. The Morgan fingerprint density at radius 2 is 2.00 bits per heavy atom. The van der Waals surface area contributed by atoms with Crippen molar-refractivity contribution >= 4 is 23.2 Å². The van der Waals surface area contributed by atoms with Crippen LogP contribution in [0, 0.1) is 15.9 Å². The van der Waals surface area contributed by atoms with Crippen LogP contribution in [-0.4, -0.2) is 36.0 Å². The average molecular weight is 386 g/mol. The number of nitrogens with zero attached hydrogens (tertiary/aromatic N) is 2. The first-order chi connectivity index (χ1) is 13.4. The van der Waals surface area contributed by atoms with Crippen LogP contribution in [0.5, 0.6) is 11.5 Å². The maximum absolute atomic E-state index is 14.4. The van der Waals surface area contributed by atoms with Crippen LogP contribution in [0.3, 0.4) is 0 Å². The number of ether oxygens (including phenoxy) is 1. The predicted molar refractivity (Wildman–Crippen MR) is 103 cm³/mol. The number of halogens is 1. The van der Waals surface area contributed by atoms with Crippen molar-refractivity contribution < 1.29 is 24.0 Å². The summed E-state index contributed by atoms with van der Waals surface area (Å²) < 4.78 is 19.3. The molecule has 1 heterocycles. The molecule has 1 fully saturated rings. The van der Waals surface area contributed by atoms with Gasteiger partial charge in [-0.15, -0.1) is 0 Å². The number of phenols is 1. The number of ketones is 1. The number of carbonyl (C=O) groups is 1. The highest BCUT2D eigenvalue weighted by Crippen LogP contribution is 2.37. The summed E-state index contributed by atoms with van der Waals surface area (Å²) in [5, 5.41) is 20.8. The maximum Gasteiger partial charge on any atom is 0.315 e. The topological polar surface area (TPSA) is 92.9 Å². The zero-order valence-electron chi connectivity index (χ0n) is 15.2. The van der Waals surface area contributed by atoms with Gasteiger partial charge in [0.15, 0.2) is 11.5 Å². The van der Waals surface area contributed by atoms with Crippen molar-refractivity contribution in [2.24, 2.45) is 0 Å². The first-order valence-electron chi connectivity index (χ1n) is 8.73. The predicted octanol–water partition coefficient (Wildman–Crippen LogP) is 3.94. The molecule has 0 aliphatic carbocycles. The third-order valence-corrected chi connectivity index (χ3v) is 4.60. The molecule has 3 rings (SSSR count). The number of hydrogen-bond donors (Lipinski definition) is 1. The van der Waals surface area contributed by atoms with Gasteiger partial charge in [0.2, 0.25) is 5.75 Å². The lowest BCUT2D eigenvalue weighted by Gasteiger charge is -2.18. The second kappa shape index (κ2) is 8.08. The molecule has 1 N–H and O–H groups in total. The molecule has 1 aliphatic heterocycles. The van der Waals surface area contributed by atoms with E-state index in [2.05, 4.69) is 0 Å². The van der Waals surface area contributed by atoms with Gasteiger partial charge in [0.1, 0.15) is 5.82 Å². The third kappa shape index (κ3) is 3.95. The van der Waals surface area contributed by atoms with Crippen molar-refractivity contribution in [3.05, 3.63) is 63.5 Å². The van der Waals surface area contributed by atoms with Gasteiger partial charge in [-0.2, -0.15) is 0 Å². The minimum atomic E-state index is -0.747. The Bertz CT molecular complexity index is 952. The molecule has 0 spiro atoms. The highest BCUT2D eigenvalue weighted by atomic mass is 19.1. The van der Waals surface area contributed by atoms with E-state index in [-0.39, 0.29) is 11.3 Å². The summed E-state index contributed by atoms with van der Waals surface area (Å²) in [6, 6.07) is 6.83. The molecule has 0 atom stereocenters. The zero-order valence-corrected chi connectivity index (χ0v) is 15.2. The Labute approximate surface area is 160 Å². The summed E-state index contributed by atoms with van der Waals surface area (Å²) in [5.74, 6) is -1.57. The number of nitro groups is 1. The van der Waals surface area contributed by atoms with Crippen molar-refractivity contribution in [3.8, 4) is 11.5 Å². The van der Waals surface area contributed by atoms with Gasteiger partial charge in [-0.05, 0) is 48.7 Å². The molecule has 2 aromatic rings. The standard InChI is InChI=1S/C20H19FN2O5/c1-28-19-11-13(10-17(20(19)25)23(26)27)4-7-18(24)14-5-6-16(15(21)12-14)22-8-2-3-9-22/h4-7,10-12,25H,2-3,8-9H2,1H3/b7-4+. The van der Waals surface area contributed by atoms with E-state index < -0.39 is 28.0 Å². The molecule has 0 amide bonds. The van der Waals surface area contributed by atoms with Crippen LogP contribution in [0.2, 0.25) is 0 Å². The van der Waals surface area contributed by atoms with E-state index in [0.717, 1.165) is 32.0 Å². The minimum Gasteiger partial charge on any atom is -0.500 e. The summed E-state index contributed by atoms with van der Waals surface area (Å²) in [5.41, 5.74) is 0.421. The van der Waals surface area contributed by atoms with E-state index in [1.807, 2.05) is 4.90 Å². The van der Waals surface area contributed by atoms with Crippen LogP contribution in [0.25, 0.3) is 6.08 Å². The highest BCUT2D eigenvalue weighted by molar-refractivity contribution is 6.07. The molecule has 0 unspecified atom stereocenters. The van der Waals surface area contributed by atoms with Gasteiger partial charge in [-0.1, -0.05) is 6.08 Å². The van der Waals surface area contributed by atoms with Gasteiger partial charge in [0.05, 0.1) is 17.7 Å². The second-order valence-corrected chi connectivity index (χ2v) is 6.41. The van der Waals surface area contributed by atoms with E-state index in [1.54, 1.807) is 12.1 Å². The number of benzene rings is 2. The largest absolute Gasteiger partial charge is 0.500 e. The lowest BCUT2D eigenvalue weighted by molar-refractivity contribution is -0.386. The molecule has 0 saturated carbocycles.